The fraction of sp³-hybridized carbons (Fsp3) is 0.474. The molecule has 0 radical (unpaired) electrons. The SMILES string of the molecule is CCN(C)CC1CCN(c2ccnc(Cc3ccccc3)n2)C1. The van der Waals surface area contributed by atoms with E-state index in [-0.39, 0.29) is 0 Å². The summed E-state index contributed by atoms with van der Waals surface area (Å²) in [5.74, 6) is 2.72. The second kappa shape index (κ2) is 7.55. The van der Waals surface area contributed by atoms with E-state index in [4.69, 9.17) is 4.98 Å². The highest BCUT2D eigenvalue weighted by molar-refractivity contribution is 5.39. The predicted octanol–water partition coefficient (Wildman–Crippen LogP) is 2.85. The van der Waals surface area contributed by atoms with E-state index in [1.54, 1.807) is 0 Å². The zero-order valence-corrected chi connectivity index (χ0v) is 14.2. The number of anilines is 1. The first-order valence-corrected chi connectivity index (χ1v) is 8.54. The van der Waals surface area contributed by atoms with Crippen molar-refractivity contribution in [1.82, 2.24) is 14.9 Å². The Hall–Kier alpha value is -1.94. The smallest absolute Gasteiger partial charge is 0.135 e. The maximum atomic E-state index is 4.79. The molecule has 2 aromatic rings. The van der Waals surface area contributed by atoms with E-state index < -0.39 is 0 Å². The van der Waals surface area contributed by atoms with Crippen LogP contribution < -0.4 is 4.90 Å². The van der Waals surface area contributed by atoms with Crippen molar-refractivity contribution in [2.45, 2.75) is 19.8 Å². The molecule has 1 fully saturated rings. The van der Waals surface area contributed by atoms with Crippen molar-refractivity contribution in [1.29, 1.82) is 0 Å². The second-order valence-electron chi connectivity index (χ2n) is 6.45. The van der Waals surface area contributed by atoms with Crippen LogP contribution in [0.2, 0.25) is 0 Å². The number of benzene rings is 1. The van der Waals surface area contributed by atoms with Gasteiger partial charge in [-0.2, -0.15) is 0 Å². The number of nitrogens with zero attached hydrogens (tertiary/aromatic N) is 4. The molecule has 23 heavy (non-hydrogen) atoms. The van der Waals surface area contributed by atoms with Gasteiger partial charge in [-0.05, 0) is 37.6 Å². The summed E-state index contributed by atoms with van der Waals surface area (Å²) in [6.07, 6.45) is 3.94. The fourth-order valence-electron chi connectivity index (χ4n) is 3.19. The van der Waals surface area contributed by atoms with Gasteiger partial charge < -0.3 is 9.80 Å². The van der Waals surface area contributed by atoms with Crippen LogP contribution in [0.3, 0.4) is 0 Å². The highest BCUT2D eigenvalue weighted by Crippen LogP contribution is 2.22. The van der Waals surface area contributed by atoms with Crippen LogP contribution in [0.15, 0.2) is 42.6 Å². The molecule has 0 spiro atoms. The second-order valence-corrected chi connectivity index (χ2v) is 6.45. The van der Waals surface area contributed by atoms with Gasteiger partial charge >= 0.3 is 0 Å². The first-order chi connectivity index (χ1) is 11.2. The zero-order chi connectivity index (χ0) is 16.1. The van der Waals surface area contributed by atoms with Crippen LogP contribution in [0.5, 0.6) is 0 Å². The summed E-state index contributed by atoms with van der Waals surface area (Å²) < 4.78 is 0. The summed E-state index contributed by atoms with van der Waals surface area (Å²) in [7, 11) is 2.20. The fourth-order valence-corrected chi connectivity index (χ4v) is 3.19. The van der Waals surface area contributed by atoms with Gasteiger partial charge in [-0.15, -0.1) is 0 Å². The summed E-state index contributed by atoms with van der Waals surface area (Å²) in [4.78, 5) is 14.0. The summed E-state index contributed by atoms with van der Waals surface area (Å²) in [5, 5.41) is 0. The van der Waals surface area contributed by atoms with Gasteiger partial charge in [0, 0.05) is 32.3 Å². The first kappa shape index (κ1) is 15.9. The Labute approximate surface area is 139 Å². The Morgan fingerprint density at radius 1 is 1.22 bits per heavy atom. The number of aromatic nitrogens is 2. The summed E-state index contributed by atoms with van der Waals surface area (Å²) in [6.45, 7) is 6.71. The van der Waals surface area contributed by atoms with Crippen molar-refractivity contribution in [3.63, 3.8) is 0 Å². The minimum atomic E-state index is 0.743. The lowest BCUT2D eigenvalue weighted by atomic mass is 10.1. The molecule has 0 amide bonds. The van der Waals surface area contributed by atoms with Crippen LogP contribution in [0.4, 0.5) is 5.82 Å². The van der Waals surface area contributed by atoms with E-state index in [0.29, 0.717) is 0 Å². The lowest BCUT2D eigenvalue weighted by Gasteiger charge is -2.21. The molecular formula is C19H26N4. The van der Waals surface area contributed by atoms with Gasteiger partial charge in [0.25, 0.3) is 0 Å². The maximum absolute atomic E-state index is 4.79. The molecule has 1 aromatic heterocycles. The lowest BCUT2D eigenvalue weighted by molar-refractivity contribution is 0.300. The Kier molecular flexibility index (Phi) is 5.23. The molecule has 1 saturated heterocycles. The monoisotopic (exact) mass is 310 g/mol. The van der Waals surface area contributed by atoms with Gasteiger partial charge in [0.15, 0.2) is 0 Å². The Morgan fingerprint density at radius 2 is 2.04 bits per heavy atom. The van der Waals surface area contributed by atoms with E-state index in [1.165, 1.54) is 18.5 Å². The van der Waals surface area contributed by atoms with E-state index in [2.05, 4.69) is 53.0 Å². The minimum Gasteiger partial charge on any atom is -0.356 e. The average Bonchev–Trinajstić information content (AvgIpc) is 3.04. The molecule has 0 bridgehead atoms. The van der Waals surface area contributed by atoms with Gasteiger partial charge in [0.1, 0.15) is 11.6 Å². The third-order valence-corrected chi connectivity index (χ3v) is 4.62. The normalized spacial score (nSPS) is 17.9. The van der Waals surface area contributed by atoms with E-state index in [1.807, 2.05) is 18.3 Å². The molecule has 4 nitrogen and oxygen atoms in total. The standard InChI is InChI=1S/C19H26N4/c1-3-22(2)14-17-10-12-23(15-17)19-9-11-20-18(21-19)13-16-7-5-4-6-8-16/h4-9,11,17H,3,10,12-15H2,1-2H3. The molecule has 0 saturated carbocycles. The Morgan fingerprint density at radius 3 is 2.83 bits per heavy atom. The van der Waals surface area contributed by atoms with Gasteiger partial charge in [-0.25, -0.2) is 9.97 Å². The third kappa shape index (κ3) is 4.29. The van der Waals surface area contributed by atoms with Gasteiger partial charge in [0.05, 0.1) is 0 Å². The van der Waals surface area contributed by atoms with Gasteiger partial charge in [-0.3, -0.25) is 0 Å². The predicted molar refractivity (Wildman–Crippen MR) is 94.8 cm³/mol. The third-order valence-electron chi connectivity index (χ3n) is 4.62. The molecule has 1 unspecified atom stereocenters. The molecule has 122 valence electrons. The molecular weight excluding hydrogens is 284 g/mol. The number of hydrogen-bond acceptors (Lipinski definition) is 4. The molecule has 3 rings (SSSR count). The minimum absolute atomic E-state index is 0.743. The Balaban J connectivity index is 1.64. The van der Waals surface area contributed by atoms with Crippen molar-refractivity contribution in [2.24, 2.45) is 5.92 Å². The van der Waals surface area contributed by atoms with Crippen LogP contribution in [0.1, 0.15) is 24.7 Å². The first-order valence-electron chi connectivity index (χ1n) is 8.54. The molecule has 0 aliphatic carbocycles. The van der Waals surface area contributed by atoms with Gasteiger partial charge in [0.2, 0.25) is 0 Å². The maximum Gasteiger partial charge on any atom is 0.135 e. The molecule has 1 aliphatic rings. The van der Waals surface area contributed by atoms with Crippen LogP contribution in [-0.2, 0) is 6.42 Å². The number of rotatable bonds is 6. The van der Waals surface area contributed by atoms with Crippen molar-refractivity contribution >= 4 is 5.82 Å². The molecule has 4 heteroatoms. The van der Waals surface area contributed by atoms with Crippen LogP contribution in [0.25, 0.3) is 0 Å². The Bertz CT molecular complexity index is 614. The highest BCUT2D eigenvalue weighted by Gasteiger charge is 2.24. The molecule has 0 N–H and O–H groups in total. The van der Waals surface area contributed by atoms with Gasteiger partial charge in [-0.1, -0.05) is 37.3 Å². The average molecular weight is 310 g/mol. The van der Waals surface area contributed by atoms with Crippen molar-refractivity contribution in [3.8, 4) is 0 Å². The molecule has 1 atom stereocenters. The largest absolute Gasteiger partial charge is 0.356 e. The van der Waals surface area contributed by atoms with Crippen molar-refractivity contribution in [3.05, 3.63) is 54.0 Å². The topological polar surface area (TPSA) is 32.3 Å². The van der Waals surface area contributed by atoms with Crippen LogP contribution in [-0.4, -0.2) is 48.1 Å². The quantitative estimate of drug-likeness (QED) is 0.821. The molecule has 2 heterocycles. The summed E-state index contributed by atoms with van der Waals surface area (Å²) >= 11 is 0. The molecule has 1 aliphatic heterocycles. The molecule has 1 aromatic carbocycles. The van der Waals surface area contributed by atoms with Crippen molar-refractivity contribution < 1.29 is 0 Å². The highest BCUT2D eigenvalue weighted by atomic mass is 15.2. The van der Waals surface area contributed by atoms with Crippen molar-refractivity contribution in [2.75, 3.05) is 38.1 Å². The summed E-state index contributed by atoms with van der Waals surface area (Å²) in [6, 6.07) is 12.5. The zero-order valence-electron chi connectivity index (χ0n) is 14.2. The van der Waals surface area contributed by atoms with Crippen LogP contribution >= 0.6 is 0 Å². The number of hydrogen-bond donors (Lipinski definition) is 0. The van der Waals surface area contributed by atoms with E-state index in [9.17, 15) is 0 Å². The summed E-state index contributed by atoms with van der Waals surface area (Å²) in [5.41, 5.74) is 1.26. The van der Waals surface area contributed by atoms with E-state index >= 15 is 0 Å². The van der Waals surface area contributed by atoms with Crippen LogP contribution in [0, 0.1) is 5.92 Å². The van der Waals surface area contributed by atoms with E-state index in [0.717, 1.165) is 43.6 Å². The lowest BCUT2D eigenvalue weighted by Crippen LogP contribution is -2.28.